The van der Waals surface area contributed by atoms with Crippen LogP contribution in [0.2, 0.25) is 0 Å². The molecule has 2 fully saturated rings. The van der Waals surface area contributed by atoms with Crippen LogP contribution >= 0.6 is 0 Å². The lowest BCUT2D eigenvalue weighted by Gasteiger charge is -2.34. The number of imidazole rings is 1. The molecular formula is C17H27N3O2. The molecule has 1 saturated carbocycles. The summed E-state index contributed by atoms with van der Waals surface area (Å²) in [6.45, 7) is 6.78. The summed E-state index contributed by atoms with van der Waals surface area (Å²) in [5.41, 5.74) is 0. The maximum atomic E-state index is 5.99. The Labute approximate surface area is 132 Å². The predicted molar refractivity (Wildman–Crippen MR) is 83.5 cm³/mol. The van der Waals surface area contributed by atoms with E-state index in [0.29, 0.717) is 12.0 Å². The fraction of sp³-hybridized carbons (Fsp3) is 0.824. The van der Waals surface area contributed by atoms with E-state index in [1.807, 2.05) is 6.20 Å². The second-order valence-corrected chi connectivity index (χ2v) is 7.12. The van der Waals surface area contributed by atoms with E-state index in [2.05, 4.69) is 20.6 Å². The van der Waals surface area contributed by atoms with Gasteiger partial charge in [-0.1, -0.05) is 0 Å². The second-order valence-electron chi connectivity index (χ2n) is 7.12. The first kappa shape index (κ1) is 14.7. The molecule has 0 bridgehead atoms. The Balaban J connectivity index is 1.41. The van der Waals surface area contributed by atoms with Crippen molar-refractivity contribution in [2.24, 2.45) is 11.8 Å². The van der Waals surface area contributed by atoms with E-state index in [4.69, 9.17) is 9.47 Å². The van der Waals surface area contributed by atoms with Gasteiger partial charge >= 0.3 is 0 Å². The average molecular weight is 305 g/mol. The van der Waals surface area contributed by atoms with Crippen molar-refractivity contribution in [1.82, 2.24) is 14.5 Å². The number of hydrogen-bond acceptors (Lipinski definition) is 4. The minimum Gasteiger partial charge on any atom is -0.381 e. The van der Waals surface area contributed by atoms with Crippen molar-refractivity contribution in [2.75, 3.05) is 33.0 Å². The Morgan fingerprint density at radius 2 is 1.91 bits per heavy atom. The lowest BCUT2D eigenvalue weighted by Crippen LogP contribution is -2.41. The topological polar surface area (TPSA) is 39.5 Å². The van der Waals surface area contributed by atoms with Crippen LogP contribution in [0.15, 0.2) is 12.4 Å². The van der Waals surface area contributed by atoms with Crippen LogP contribution in [0.25, 0.3) is 0 Å². The lowest BCUT2D eigenvalue weighted by molar-refractivity contribution is 0.0148. The fourth-order valence-electron chi connectivity index (χ4n) is 3.69. The molecule has 22 heavy (non-hydrogen) atoms. The normalized spacial score (nSPS) is 27.5. The molecule has 5 nitrogen and oxygen atoms in total. The molecule has 1 unspecified atom stereocenters. The molecule has 1 aliphatic carbocycles. The van der Waals surface area contributed by atoms with Gasteiger partial charge in [-0.3, -0.25) is 4.90 Å². The van der Waals surface area contributed by atoms with Gasteiger partial charge in [0.1, 0.15) is 5.82 Å². The summed E-state index contributed by atoms with van der Waals surface area (Å²) in [6.07, 6.45) is 9.09. The minimum atomic E-state index is 0.567. The summed E-state index contributed by atoms with van der Waals surface area (Å²) in [5, 5.41) is 0. The van der Waals surface area contributed by atoms with Gasteiger partial charge in [0.05, 0.1) is 13.2 Å². The molecule has 3 aliphatic rings. The van der Waals surface area contributed by atoms with Gasteiger partial charge in [-0.05, 0) is 31.6 Å². The largest absolute Gasteiger partial charge is 0.381 e. The van der Waals surface area contributed by atoms with Crippen LogP contribution in [0.4, 0.5) is 0 Å². The van der Waals surface area contributed by atoms with Crippen LogP contribution in [0.1, 0.15) is 31.5 Å². The van der Waals surface area contributed by atoms with E-state index >= 15 is 0 Å². The van der Waals surface area contributed by atoms with E-state index < -0.39 is 0 Å². The molecule has 5 heteroatoms. The van der Waals surface area contributed by atoms with Crippen LogP contribution < -0.4 is 0 Å². The van der Waals surface area contributed by atoms with Crippen molar-refractivity contribution in [3.63, 3.8) is 0 Å². The molecular weight excluding hydrogens is 278 g/mol. The summed E-state index contributed by atoms with van der Waals surface area (Å²) in [7, 11) is 0. The first-order valence-corrected chi connectivity index (χ1v) is 8.78. The summed E-state index contributed by atoms with van der Waals surface area (Å²) in [6, 6.07) is 0.642. The summed E-state index contributed by atoms with van der Waals surface area (Å²) >= 11 is 0. The second kappa shape index (κ2) is 6.69. The van der Waals surface area contributed by atoms with E-state index in [-0.39, 0.29) is 0 Å². The van der Waals surface area contributed by atoms with Crippen molar-refractivity contribution in [2.45, 2.75) is 44.8 Å². The Kier molecular flexibility index (Phi) is 4.46. The Morgan fingerprint density at radius 3 is 2.73 bits per heavy atom. The summed E-state index contributed by atoms with van der Waals surface area (Å²) in [4.78, 5) is 7.19. The van der Waals surface area contributed by atoms with Gasteiger partial charge in [-0.2, -0.15) is 0 Å². The standard InChI is InChI=1S/C17H27N3O2/c1-2-14(1)12-22-13-15-9-19-6-5-18-17(19)11-20(10-15)16-3-7-21-8-4-16/h5-6,14-16H,1-4,7-13H2. The summed E-state index contributed by atoms with van der Waals surface area (Å²) < 4.78 is 13.8. The third-order valence-corrected chi connectivity index (χ3v) is 5.21. The smallest absolute Gasteiger partial charge is 0.122 e. The van der Waals surface area contributed by atoms with Crippen molar-refractivity contribution in [3.8, 4) is 0 Å². The van der Waals surface area contributed by atoms with E-state index in [1.165, 1.54) is 18.7 Å². The van der Waals surface area contributed by atoms with E-state index in [9.17, 15) is 0 Å². The number of rotatable bonds is 5. The van der Waals surface area contributed by atoms with Crippen molar-refractivity contribution in [3.05, 3.63) is 18.2 Å². The van der Waals surface area contributed by atoms with Crippen molar-refractivity contribution in [1.29, 1.82) is 0 Å². The van der Waals surface area contributed by atoms with Gasteiger partial charge in [0.15, 0.2) is 0 Å². The van der Waals surface area contributed by atoms with Gasteiger partial charge in [0.2, 0.25) is 0 Å². The highest BCUT2D eigenvalue weighted by molar-refractivity contribution is 4.97. The molecule has 4 rings (SSSR count). The Morgan fingerprint density at radius 1 is 1.09 bits per heavy atom. The van der Waals surface area contributed by atoms with Crippen molar-refractivity contribution < 1.29 is 9.47 Å². The number of hydrogen-bond donors (Lipinski definition) is 0. The molecule has 3 heterocycles. The molecule has 0 radical (unpaired) electrons. The molecule has 0 aromatic carbocycles. The molecule has 0 spiro atoms. The van der Waals surface area contributed by atoms with Gasteiger partial charge in [-0.15, -0.1) is 0 Å². The monoisotopic (exact) mass is 305 g/mol. The SMILES string of the molecule is c1cn2c(n1)CN(C1CCOCC1)CC(COCC1CC1)C2. The third-order valence-electron chi connectivity index (χ3n) is 5.21. The molecule has 0 amide bonds. The van der Waals surface area contributed by atoms with Crippen LogP contribution in [0.5, 0.6) is 0 Å². The summed E-state index contributed by atoms with van der Waals surface area (Å²) in [5.74, 6) is 2.62. The zero-order valence-electron chi connectivity index (χ0n) is 13.3. The molecule has 1 aromatic heterocycles. The predicted octanol–water partition coefficient (Wildman–Crippen LogP) is 1.92. The first-order chi connectivity index (χ1) is 10.9. The molecule has 1 atom stereocenters. The number of nitrogens with zero attached hydrogens (tertiary/aromatic N) is 3. The third kappa shape index (κ3) is 3.53. The molecule has 2 aliphatic heterocycles. The molecule has 1 aromatic rings. The van der Waals surface area contributed by atoms with Crippen molar-refractivity contribution >= 4 is 0 Å². The average Bonchev–Trinajstić information content (AvgIpc) is 3.31. The molecule has 122 valence electrons. The van der Waals surface area contributed by atoms with Gasteiger partial charge in [0.25, 0.3) is 0 Å². The number of ether oxygens (including phenoxy) is 2. The lowest BCUT2D eigenvalue weighted by atomic mass is 10.0. The number of fused-ring (bicyclic) bond motifs is 1. The molecule has 0 N–H and O–H groups in total. The zero-order valence-corrected chi connectivity index (χ0v) is 13.3. The number of aromatic nitrogens is 2. The Hall–Kier alpha value is -0.910. The Bertz CT molecular complexity index is 480. The fourth-order valence-corrected chi connectivity index (χ4v) is 3.69. The highest BCUT2D eigenvalue weighted by Gasteiger charge is 2.29. The van der Waals surface area contributed by atoms with Gasteiger partial charge in [-0.25, -0.2) is 4.98 Å². The minimum absolute atomic E-state index is 0.567. The highest BCUT2D eigenvalue weighted by Crippen LogP contribution is 2.29. The van der Waals surface area contributed by atoms with Crippen LogP contribution in [0.3, 0.4) is 0 Å². The maximum absolute atomic E-state index is 5.99. The van der Waals surface area contributed by atoms with Gasteiger partial charge in [0, 0.05) is 57.3 Å². The maximum Gasteiger partial charge on any atom is 0.122 e. The van der Waals surface area contributed by atoms with E-state index in [1.54, 1.807) is 0 Å². The van der Waals surface area contributed by atoms with E-state index in [0.717, 1.165) is 64.8 Å². The molecule has 1 saturated heterocycles. The van der Waals surface area contributed by atoms with Crippen LogP contribution in [-0.2, 0) is 22.6 Å². The van der Waals surface area contributed by atoms with Crippen LogP contribution in [0, 0.1) is 11.8 Å². The zero-order chi connectivity index (χ0) is 14.8. The van der Waals surface area contributed by atoms with Crippen LogP contribution in [-0.4, -0.2) is 53.5 Å². The quantitative estimate of drug-likeness (QED) is 0.833. The highest BCUT2D eigenvalue weighted by atomic mass is 16.5. The van der Waals surface area contributed by atoms with Gasteiger partial charge < -0.3 is 14.0 Å². The first-order valence-electron chi connectivity index (χ1n) is 8.78.